The van der Waals surface area contributed by atoms with E-state index in [0.29, 0.717) is 10.8 Å². The summed E-state index contributed by atoms with van der Waals surface area (Å²) in [6.07, 6.45) is 8.98. The number of thiazole rings is 1. The number of carbonyl (C=O) groups excluding carboxylic acids is 2. The largest absolute Gasteiger partial charge is 0.449 e. The van der Waals surface area contributed by atoms with Crippen molar-refractivity contribution >= 4 is 45.3 Å². The molecule has 0 saturated heterocycles. The minimum Gasteiger partial charge on any atom is -0.449 e. The first-order chi connectivity index (χ1) is 15.1. The van der Waals surface area contributed by atoms with Gasteiger partial charge in [0.2, 0.25) is 0 Å². The summed E-state index contributed by atoms with van der Waals surface area (Å²) in [5.74, 6) is -0.800. The number of ether oxygens (including phenoxy) is 1. The van der Waals surface area contributed by atoms with E-state index < -0.39 is 12.1 Å². The molecule has 1 aliphatic rings. The average Bonchev–Trinajstić information content (AvgIpc) is 3.32. The highest BCUT2D eigenvalue weighted by Gasteiger charge is 2.32. The lowest BCUT2D eigenvalue weighted by molar-refractivity contribution is -0.149. The standard InChI is InChI=1S/C24H25N3O3S/c1-17(23(29)27(24-25-15-16-31-24)20-8-3-2-4-9-20)30-22(28)14-13-19-12-11-18-7-5-6-10-21(18)26-19/h5-7,10-17,20H,2-4,8-9H2,1H3/b14-13+. The molecule has 0 aliphatic heterocycles. The molecule has 1 fully saturated rings. The van der Waals surface area contributed by atoms with Gasteiger partial charge in [-0.05, 0) is 38.0 Å². The second kappa shape index (κ2) is 9.83. The average molecular weight is 436 g/mol. The molecule has 1 unspecified atom stereocenters. The zero-order valence-corrected chi connectivity index (χ0v) is 18.3. The van der Waals surface area contributed by atoms with E-state index in [9.17, 15) is 9.59 Å². The Morgan fingerprint density at radius 2 is 1.97 bits per heavy atom. The number of esters is 1. The minimum absolute atomic E-state index is 0.103. The van der Waals surface area contributed by atoms with Gasteiger partial charge in [0, 0.05) is 29.1 Å². The van der Waals surface area contributed by atoms with Gasteiger partial charge in [-0.3, -0.25) is 9.69 Å². The first kappa shape index (κ1) is 21.2. The number of benzene rings is 1. The van der Waals surface area contributed by atoms with E-state index in [1.54, 1.807) is 24.1 Å². The van der Waals surface area contributed by atoms with Crippen molar-refractivity contribution in [1.29, 1.82) is 0 Å². The van der Waals surface area contributed by atoms with Gasteiger partial charge in [0.1, 0.15) is 0 Å². The minimum atomic E-state index is -0.896. The van der Waals surface area contributed by atoms with Gasteiger partial charge in [0.15, 0.2) is 11.2 Å². The maximum atomic E-state index is 13.2. The van der Waals surface area contributed by atoms with Gasteiger partial charge in [-0.1, -0.05) is 43.5 Å². The molecule has 0 N–H and O–H groups in total. The molecule has 1 amide bonds. The number of pyridine rings is 1. The van der Waals surface area contributed by atoms with Gasteiger partial charge in [0.05, 0.1) is 11.2 Å². The van der Waals surface area contributed by atoms with Crippen molar-refractivity contribution in [2.45, 2.75) is 51.2 Å². The molecule has 1 saturated carbocycles. The number of para-hydroxylation sites is 1. The Kier molecular flexibility index (Phi) is 6.72. The fourth-order valence-electron chi connectivity index (χ4n) is 3.89. The monoisotopic (exact) mass is 435 g/mol. The highest BCUT2D eigenvalue weighted by molar-refractivity contribution is 7.13. The quantitative estimate of drug-likeness (QED) is 0.402. The summed E-state index contributed by atoms with van der Waals surface area (Å²) < 4.78 is 5.42. The molecule has 7 heteroatoms. The number of carbonyl (C=O) groups is 2. The van der Waals surface area contributed by atoms with E-state index in [2.05, 4.69) is 9.97 Å². The number of aromatic nitrogens is 2. The number of anilines is 1. The van der Waals surface area contributed by atoms with Crippen molar-refractivity contribution in [3.63, 3.8) is 0 Å². The van der Waals surface area contributed by atoms with Crippen LogP contribution >= 0.6 is 11.3 Å². The third-order valence-corrected chi connectivity index (χ3v) is 6.22. The summed E-state index contributed by atoms with van der Waals surface area (Å²) in [4.78, 5) is 36.1. The van der Waals surface area contributed by atoms with Crippen LogP contribution in [0.4, 0.5) is 5.13 Å². The Morgan fingerprint density at radius 3 is 2.74 bits per heavy atom. The highest BCUT2D eigenvalue weighted by atomic mass is 32.1. The van der Waals surface area contributed by atoms with Gasteiger partial charge < -0.3 is 4.74 Å². The van der Waals surface area contributed by atoms with Crippen molar-refractivity contribution in [3.05, 3.63) is 59.7 Å². The molecule has 0 spiro atoms. The molecule has 2 aromatic heterocycles. The van der Waals surface area contributed by atoms with Crippen LogP contribution in [0.15, 0.2) is 54.1 Å². The fourth-order valence-corrected chi connectivity index (χ4v) is 4.61. The zero-order valence-electron chi connectivity index (χ0n) is 17.4. The smallest absolute Gasteiger partial charge is 0.331 e. The van der Waals surface area contributed by atoms with E-state index in [1.807, 2.05) is 41.8 Å². The molecule has 0 bridgehead atoms. The van der Waals surface area contributed by atoms with Crippen LogP contribution in [0, 0.1) is 0 Å². The van der Waals surface area contributed by atoms with E-state index in [-0.39, 0.29) is 11.9 Å². The van der Waals surface area contributed by atoms with E-state index in [1.165, 1.54) is 23.8 Å². The molecule has 3 aromatic rings. The van der Waals surface area contributed by atoms with Crippen LogP contribution in [0.2, 0.25) is 0 Å². The highest BCUT2D eigenvalue weighted by Crippen LogP contribution is 2.29. The molecule has 1 aromatic carbocycles. The van der Waals surface area contributed by atoms with E-state index in [4.69, 9.17) is 4.74 Å². The maximum absolute atomic E-state index is 13.2. The van der Waals surface area contributed by atoms with Crippen LogP contribution in [0.25, 0.3) is 17.0 Å². The van der Waals surface area contributed by atoms with E-state index >= 15 is 0 Å². The Labute approximate surface area is 185 Å². The van der Waals surface area contributed by atoms with Crippen molar-refractivity contribution in [2.24, 2.45) is 0 Å². The summed E-state index contributed by atoms with van der Waals surface area (Å²) in [5.41, 5.74) is 1.51. The molecular formula is C24H25N3O3S. The van der Waals surface area contributed by atoms with Crippen LogP contribution in [-0.2, 0) is 14.3 Å². The summed E-state index contributed by atoms with van der Waals surface area (Å²) in [7, 11) is 0. The van der Waals surface area contributed by atoms with Crippen LogP contribution in [0.3, 0.4) is 0 Å². The van der Waals surface area contributed by atoms with Crippen molar-refractivity contribution in [3.8, 4) is 0 Å². The van der Waals surface area contributed by atoms with Crippen molar-refractivity contribution in [1.82, 2.24) is 9.97 Å². The van der Waals surface area contributed by atoms with Gasteiger partial charge in [-0.2, -0.15) is 0 Å². The molecule has 0 radical (unpaired) electrons. The molecular weight excluding hydrogens is 410 g/mol. The van der Waals surface area contributed by atoms with Crippen LogP contribution in [0.1, 0.15) is 44.7 Å². The summed E-state index contributed by atoms with van der Waals surface area (Å²) in [6, 6.07) is 11.7. The lowest BCUT2D eigenvalue weighted by Crippen LogP contribution is -2.47. The van der Waals surface area contributed by atoms with Gasteiger partial charge in [-0.15, -0.1) is 11.3 Å². The summed E-state index contributed by atoms with van der Waals surface area (Å²) >= 11 is 1.43. The van der Waals surface area contributed by atoms with Crippen LogP contribution in [-0.4, -0.2) is 34.0 Å². The molecule has 31 heavy (non-hydrogen) atoms. The van der Waals surface area contributed by atoms with Gasteiger partial charge in [-0.25, -0.2) is 14.8 Å². The molecule has 4 rings (SSSR count). The number of hydrogen-bond donors (Lipinski definition) is 0. The first-order valence-electron chi connectivity index (χ1n) is 10.6. The third kappa shape index (κ3) is 5.17. The zero-order chi connectivity index (χ0) is 21.6. The lowest BCUT2D eigenvalue weighted by atomic mass is 9.94. The van der Waals surface area contributed by atoms with Crippen molar-refractivity contribution < 1.29 is 14.3 Å². The lowest BCUT2D eigenvalue weighted by Gasteiger charge is -2.33. The Morgan fingerprint density at radius 1 is 1.16 bits per heavy atom. The predicted octanol–water partition coefficient (Wildman–Crippen LogP) is 5.00. The molecule has 2 heterocycles. The number of rotatable bonds is 6. The fraction of sp³-hybridized carbons (Fsp3) is 0.333. The Hall–Kier alpha value is -3.06. The molecule has 1 aliphatic carbocycles. The number of amides is 1. The molecule has 1 atom stereocenters. The van der Waals surface area contributed by atoms with Gasteiger partial charge >= 0.3 is 5.97 Å². The number of hydrogen-bond acceptors (Lipinski definition) is 6. The normalized spacial score (nSPS) is 15.8. The maximum Gasteiger partial charge on any atom is 0.331 e. The van der Waals surface area contributed by atoms with E-state index in [0.717, 1.165) is 36.6 Å². The number of fused-ring (bicyclic) bond motifs is 1. The van der Waals surface area contributed by atoms with Crippen LogP contribution in [0.5, 0.6) is 0 Å². The molecule has 160 valence electrons. The second-order valence-corrected chi connectivity index (χ2v) is 8.53. The summed E-state index contributed by atoms with van der Waals surface area (Å²) in [5, 5.41) is 3.55. The second-order valence-electron chi connectivity index (χ2n) is 7.66. The van der Waals surface area contributed by atoms with Gasteiger partial charge in [0.25, 0.3) is 5.91 Å². The summed E-state index contributed by atoms with van der Waals surface area (Å²) in [6.45, 7) is 1.62. The topological polar surface area (TPSA) is 72.4 Å². The predicted molar refractivity (Wildman–Crippen MR) is 123 cm³/mol. The Balaban J connectivity index is 1.42. The first-order valence-corrected chi connectivity index (χ1v) is 11.5. The van der Waals surface area contributed by atoms with Crippen LogP contribution < -0.4 is 4.90 Å². The van der Waals surface area contributed by atoms with Crippen molar-refractivity contribution in [2.75, 3.05) is 4.90 Å². The SMILES string of the molecule is CC(OC(=O)/C=C/c1ccc2ccccc2n1)C(=O)N(c1nccs1)C1CCCCC1. The third-order valence-electron chi connectivity index (χ3n) is 5.45. The Bertz CT molecular complexity index is 1070. The molecule has 6 nitrogen and oxygen atoms in total. The number of nitrogens with zero attached hydrogens (tertiary/aromatic N) is 3.